The fourth-order valence-electron chi connectivity index (χ4n) is 2.38. The van der Waals surface area contributed by atoms with Crippen LogP contribution in [0.1, 0.15) is 16.6 Å². The number of halogens is 1. The minimum absolute atomic E-state index is 0. The smallest absolute Gasteiger partial charge is 0.323 e. The zero-order chi connectivity index (χ0) is 12.7. The fraction of sp³-hybridized carbons (Fsp3) is 0.636. The fourth-order valence-corrected chi connectivity index (χ4v) is 3.48. The molecule has 6 nitrogen and oxygen atoms in total. The van der Waals surface area contributed by atoms with Crippen LogP contribution in [-0.2, 0) is 11.2 Å². The lowest BCUT2D eigenvalue weighted by molar-refractivity contribution is 0.0395. The molecule has 2 aliphatic rings. The average molecular weight is 305 g/mol. The number of nitrogens with zero attached hydrogens (tertiary/aromatic N) is 2. The van der Waals surface area contributed by atoms with Gasteiger partial charge in [-0.25, -0.2) is 9.78 Å². The third-order valence-corrected chi connectivity index (χ3v) is 4.61. The predicted octanol–water partition coefficient (Wildman–Crippen LogP) is 0.926. The first kappa shape index (κ1) is 14.5. The van der Waals surface area contributed by atoms with Gasteiger partial charge < -0.3 is 15.4 Å². The zero-order valence-corrected chi connectivity index (χ0v) is 12.4. The van der Waals surface area contributed by atoms with Crippen molar-refractivity contribution in [2.45, 2.75) is 18.5 Å². The summed E-state index contributed by atoms with van der Waals surface area (Å²) in [5.74, 6) is 0. The number of aromatic nitrogens is 1. The molecule has 2 bridgehead atoms. The highest BCUT2D eigenvalue weighted by Crippen LogP contribution is 2.36. The Labute approximate surface area is 121 Å². The highest BCUT2D eigenvalue weighted by molar-refractivity contribution is 7.16. The zero-order valence-electron chi connectivity index (χ0n) is 10.8. The number of anilines is 1. The molecule has 3 heterocycles. The first-order chi connectivity index (χ1) is 8.69. The first-order valence-corrected chi connectivity index (χ1v) is 6.79. The minimum atomic E-state index is -0.145. The molecule has 1 fully saturated rings. The van der Waals surface area contributed by atoms with Gasteiger partial charge in [-0.1, -0.05) is 11.3 Å². The van der Waals surface area contributed by atoms with E-state index in [2.05, 4.69) is 15.6 Å². The number of morpholine rings is 1. The minimum Gasteiger partial charge on any atom is -0.378 e. The Morgan fingerprint density at radius 1 is 1.58 bits per heavy atom. The molecule has 1 aromatic rings. The third-order valence-electron chi connectivity index (χ3n) is 3.32. The quantitative estimate of drug-likeness (QED) is 0.810. The highest BCUT2D eigenvalue weighted by atomic mass is 35.5. The lowest BCUT2D eigenvalue weighted by atomic mass is 10.0. The molecule has 8 heteroatoms. The summed E-state index contributed by atoms with van der Waals surface area (Å²) >= 11 is 1.57. The molecule has 0 aliphatic carbocycles. The Hall–Kier alpha value is -0.890. The second kappa shape index (κ2) is 5.62. The Morgan fingerprint density at radius 3 is 3.11 bits per heavy atom. The van der Waals surface area contributed by atoms with Gasteiger partial charge in [-0.15, -0.1) is 12.4 Å². The van der Waals surface area contributed by atoms with Crippen LogP contribution >= 0.6 is 23.7 Å². The van der Waals surface area contributed by atoms with E-state index in [1.54, 1.807) is 30.3 Å². The Balaban J connectivity index is 0.00000133. The van der Waals surface area contributed by atoms with Crippen LogP contribution in [0.2, 0.25) is 0 Å². The van der Waals surface area contributed by atoms with Gasteiger partial charge in [-0.05, 0) is 0 Å². The van der Waals surface area contributed by atoms with E-state index >= 15 is 0 Å². The Kier molecular flexibility index (Phi) is 4.29. The van der Waals surface area contributed by atoms with E-state index in [0.717, 1.165) is 23.9 Å². The maximum atomic E-state index is 11.6. The van der Waals surface area contributed by atoms with Crippen LogP contribution in [0.15, 0.2) is 0 Å². The summed E-state index contributed by atoms with van der Waals surface area (Å²) in [7, 11) is 3.36. The summed E-state index contributed by atoms with van der Waals surface area (Å²) in [6.45, 7) is 1.43. The number of hydrogen-bond donors (Lipinski definition) is 2. The summed E-state index contributed by atoms with van der Waals surface area (Å²) in [5, 5.41) is 6.88. The van der Waals surface area contributed by atoms with E-state index < -0.39 is 0 Å². The maximum Gasteiger partial charge on any atom is 0.323 e. The van der Waals surface area contributed by atoms with Crippen LogP contribution in [-0.4, -0.2) is 44.4 Å². The van der Waals surface area contributed by atoms with E-state index in [0.29, 0.717) is 12.6 Å². The van der Waals surface area contributed by atoms with Gasteiger partial charge in [-0.3, -0.25) is 4.90 Å². The summed E-state index contributed by atoms with van der Waals surface area (Å²) in [6.07, 6.45) is 0.879. The molecular formula is C11H17ClN4O2S. The standard InChI is InChI=1S/C11H16N4O2S.ClH/c1-12-10(16)15(2)11-14-7-3-6-4-17-5-8(13-6)9(7)18-11;/h6,8,13H,3-5H2,1-2H3,(H,12,16);1H/t6-,8-;/m0./s1. The second-order valence-corrected chi connectivity index (χ2v) is 5.59. The number of fused-ring (bicyclic) bond motifs is 4. The molecule has 0 spiro atoms. The van der Waals surface area contributed by atoms with E-state index in [-0.39, 0.29) is 24.5 Å². The van der Waals surface area contributed by atoms with Gasteiger partial charge in [0.25, 0.3) is 0 Å². The lowest BCUT2D eigenvalue weighted by Crippen LogP contribution is -2.48. The van der Waals surface area contributed by atoms with Gasteiger partial charge in [0.2, 0.25) is 0 Å². The second-order valence-electron chi connectivity index (χ2n) is 4.58. The first-order valence-electron chi connectivity index (χ1n) is 5.98. The van der Waals surface area contributed by atoms with Crippen LogP contribution in [0.3, 0.4) is 0 Å². The summed E-state index contributed by atoms with van der Waals surface area (Å²) in [6, 6.07) is 0.446. The number of amides is 2. The molecule has 2 amide bonds. The average Bonchev–Trinajstić information content (AvgIpc) is 2.81. The summed E-state index contributed by atoms with van der Waals surface area (Å²) in [5.41, 5.74) is 1.11. The Morgan fingerprint density at radius 2 is 2.37 bits per heavy atom. The molecule has 0 saturated carbocycles. The number of ether oxygens (including phenoxy) is 1. The number of rotatable bonds is 1. The highest BCUT2D eigenvalue weighted by Gasteiger charge is 2.34. The molecule has 106 valence electrons. The van der Waals surface area contributed by atoms with Crippen LogP contribution in [0.5, 0.6) is 0 Å². The number of hydrogen-bond acceptors (Lipinski definition) is 5. The van der Waals surface area contributed by atoms with Crippen molar-refractivity contribution in [1.29, 1.82) is 0 Å². The molecule has 3 rings (SSSR count). The van der Waals surface area contributed by atoms with Gasteiger partial charge in [0.15, 0.2) is 5.13 Å². The molecule has 0 unspecified atom stereocenters. The molecule has 0 aromatic carbocycles. The molecule has 19 heavy (non-hydrogen) atoms. The number of nitrogens with one attached hydrogen (secondary N) is 2. The van der Waals surface area contributed by atoms with Crippen molar-refractivity contribution >= 4 is 34.9 Å². The lowest BCUT2D eigenvalue weighted by Gasteiger charge is -2.34. The van der Waals surface area contributed by atoms with E-state index in [1.807, 2.05) is 0 Å². The molecular weight excluding hydrogens is 288 g/mol. The maximum absolute atomic E-state index is 11.6. The predicted molar refractivity (Wildman–Crippen MR) is 76.4 cm³/mol. The van der Waals surface area contributed by atoms with Crippen LogP contribution in [0.25, 0.3) is 0 Å². The molecule has 1 saturated heterocycles. The van der Waals surface area contributed by atoms with Crippen LogP contribution < -0.4 is 15.5 Å². The molecule has 0 radical (unpaired) electrons. The van der Waals surface area contributed by atoms with Crippen molar-refractivity contribution in [1.82, 2.24) is 15.6 Å². The Bertz CT molecular complexity index is 481. The van der Waals surface area contributed by atoms with Gasteiger partial charge in [-0.2, -0.15) is 0 Å². The van der Waals surface area contributed by atoms with Gasteiger partial charge in [0, 0.05) is 31.4 Å². The summed E-state index contributed by atoms with van der Waals surface area (Å²) in [4.78, 5) is 18.9. The molecule has 2 N–H and O–H groups in total. The molecule has 2 aliphatic heterocycles. The van der Waals surface area contributed by atoms with Crippen molar-refractivity contribution in [2.24, 2.45) is 0 Å². The van der Waals surface area contributed by atoms with Gasteiger partial charge in [0.1, 0.15) is 0 Å². The van der Waals surface area contributed by atoms with Crippen molar-refractivity contribution in [3.8, 4) is 0 Å². The largest absolute Gasteiger partial charge is 0.378 e. The third kappa shape index (κ3) is 2.55. The summed E-state index contributed by atoms with van der Waals surface area (Å²) < 4.78 is 5.56. The number of carbonyl (C=O) groups is 1. The molecule has 1 aromatic heterocycles. The van der Waals surface area contributed by atoms with Crippen LogP contribution in [0.4, 0.5) is 9.93 Å². The monoisotopic (exact) mass is 304 g/mol. The van der Waals surface area contributed by atoms with Crippen molar-refractivity contribution in [3.63, 3.8) is 0 Å². The van der Waals surface area contributed by atoms with Gasteiger partial charge >= 0.3 is 6.03 Å². The SMILES string of the molecule is CNC(=O)N(C)c1nc2c(s1)[C@@H]1COC[C@H](C2)N1.Cl. The number of carbonyl (C=O) groups excluding carboxylic acids is 1. The van der Waals surface area contributed by atoms with Crippen molar-refractivity contribution in [3.05, 3.63) is 10.6 Å². The van der Waals surface area contributed by atoms with Crippen LogP contribution in [0, 0.1) is 0 Å². The number of thiazole rings is 1. The van der Waals surface area contributed by atoms with E-state index in [4.69, 9.17) is 4.74 Å². The normalized spacial score (nSPS) is 24.1. The van der Waals surface area contributed by atoms with Crippen molar-refractivity contribution < 1.29 is 9.53 Å². The number of urea groups is 1. The van der Waals surface area contributed by atoms with E-state index in [9.17, 15) is 4.79 Å². The topological polar surface area (TPSA) is 66.5 Å². The molecule has 2 atom stereocenters. The van der Waals surface area contributed by atoms with E-state index in [1.165, 1.54) is 4.88 Å². The van der Waals surface area contributed by atoms with Gasteiger partial charge in [0.05, 0.1) is 24.9 Å². The van der Waals surface area contributed by atoms with Crippen molar-refractivity contribution in [2.75, 3.05) is 32.2 Å².